The lowest BCUT2D eigenvalue weighted by molar-refractivity contribution is 0.0949. The van der Waals surface area contributed by atoms with Gasteiger partial charge in [-0.05, 0) is 55.0 Å². The number of aromatic nitrogens is 3. The van der Waals surface area contributed by atoms with Crippen molar-refractivity contribution in [3.05, 3.63) is 76.9 Å². The van der Waals surface area contributed by atoms with Gasteiger partial charge in [0.1, 0.15) is 11.5 Å². The number of rotatable bonds is 4. The summed E-state index contributed by atoms with van der Waals surface area (Å²) in [7, 11) is 0. The minimum absolute atomic E-state index is 0.200. The number of amides is 1. The van der Waals surface area contributed by atoms with Crippen molar-refractivity contribution in [1.29, 1.82) is 5.26 Å². The highest BCUT2D eigenvalue weighted by atomic mass is 19.1. The largest absolute Gasteiger partial charge is 0.346 e. The molecule has 0 radical (unpaired) electrons. The summed E-state index contributed by atoms with van der Waals surface area (Å²) in [5.74, 6) is -0.676. The van der Waals surface area contributed by atoms with Crippen LogP contribution in [0.25, 0.3) is 5.69 Å². The van der Waals surface area contributed by atoms with E-state index in [0.717, 1.165) is 0 Å². The van der Waals surface area contributed by atoms with Crippen molar-refractivity contribution in [3.8, 4) is 11.8 Å². The first kappa shape index (κ1) is 16.3. The molecule has 1 N–H and O–H groups in total. The maximum Gasteiger partial charge on any atom is 0.251 e. The first-order valence-corrected chi connectivity index (χ1v) is 7.53. The van der Waals surface area contributed by atoms with Crippen molar-refractivity contribution in [3.63, 3.8) is 0 Å². The van der Waals surface area contributed by atoms with E-state index < -0.39 is 0 Å². The summed E-state index contributed by atoms with van der Waals surface area (Å²) >= 11 is 0. The van der Waals surface area contributed by atoms with Crippen LogP contribution < -0.4 is 5.32 Å². The molecular weight excluding hydrogens is 321 g/mol. The van der Waals surface area contributed by atoms with E-state index in [1.165, 1.54) is 23.0 Å². The van der Waals surface area contributed by atoms with Crippen molar-refractivity contribution in [1.82, 2.24) is 20.3 Å². The molecule has 0 spiro atoms. The van der Waals surface area contributed by atoms with Gasteiger partial charge in [-0.15, -0.1) is 0 Å². The fraction of sp³-hybridized carbons (Fsp3) is 0.111. The van der Waals surface area contributed by atoms with Crippen LogP contribution in [0.3, 0.4) is 0 Å². The third-order valence-electron chi connectivity index (χ3n) is 3.63. The Morgan fingerprint density at radius 1 is 1.28 bits per heavy atom. The summed E-state index contributed by atoms with van der Waals surface area (Å²) in [5, 5.41) is 20.0. The highest BCUT2D eigenvalue weighted by Gasteiger charge is 2.10. The summed E-state index contributed by atoms with van der Waals surface area (Å²) in [5.41, 5.74) is 2.83. The molecule has 2 aromatic carbocycles. The molecule has 1 heterocycles. The molecule has 6 nitrogen and oxygen atoms in total. The molecule has 0 bridgehead atoms. The number of hydrogen-bond acceptors (Lipinski definition) is 4. The normalized spacial score (nSPS) is 10.3. The second kappa shape index (κ2) is 6.93. The van der Waals surface area contributed by atoms with Crippen LogP contribution in [0.15, 0.2) is 48.7 Å². The Morgan fingerprint density at radius 2 is 2.04 bits per heavy atom. The van der Waals surface area contributed by atoms with Crippen LogP contribution in [0.2, 0.25) is 0 Å². The molecule has 0 saturated heterocycles. The highest BCUT2D eigenvalue weighted by molar-refractivity contribution is 5.95. The van der Waals surface area contributed by atoms with Crippen LogP contribution >= 0.6 is 0 Å². The molecule has 7 heteroatoms. The highest BCUT2D eigenvalue weighted by Crippen LogP contribution is 2.11. The second-order valence-electron chi connectivity index (χ2n) is 5.43. The van der Waals surface area contributed by atoms with E-state index in [9.17, 15) is 9.18 Å². The Balaban J connectivity index is 1.67. The number of nitriles is 1. The number of carbonyl (C=O) groups excluding carboxylic acids is 1. The lowest BCUT2D eigenvalue weighted by Gasteiger charge is -2.06. The Morgan fingerprint density at radius 3 is 2.72 bits per heavy atom. The summed E-state index contributed by atoms with van der Waals surface area (Å²) in [6, 6.07) is 12.9. The van der Waals surface area contributed by atoms with Gasteiger partial charge in [-0.25, -0.2) is 4.39 Å². The molecule has 124 valence electrons. The van der Waals surface area contributed by atoms with Gasteiger partial charge < -0.3 is 5.32 Å². The number of hydrogen-bond donors (Lipinski definition) is 1. The van der Waals surface area contributed by atoms with Gasteiger partial charge in [0.2, 0.25) is 0 Å². The summed E-state index contributed by atoms with van der Waals surface area (Å²) < 4.78 is 13.1. The number of nitrogens with zero attached hydrogens (tertiary/aromatic N) is 4. The smallest absolute Gasteiger partial charge is 0.251 e. The molecule has 0 saturated carbocycles. The fourth-order valence-corrected chi connectivity index (χ4v) is 2.32. The molecule has 1 aromatic heterocycles. The van der Waals surface area contributed by atoms with E-state index in [1.807, 2.05) is 6.07 Å². The van der Waals surface area contributed by atoms with E-state index in [1.54, 1.807) is 37.4 Å². The van der Waals surface area contributed by atoms with E-state index in [-0.39, 0.29) is 18.3 Å². The molecule has 0 fully saturated rings. The van der Waals surface area contributed by atoms with Gasteiger partial charge in [0, 0.05) is 5.56 Å². The quantitative estimate of drug-likeness (QED) is 0.794. The molecular formula is C18H14FN5O. The number of halogens is 1. The molecule has 0 unspecified atom stereocenters. The summed E-state index contributed by atoms with van der Waals surface area (Å²) in [6.07, 6.45) is 1.55. The molecule has 0 atom stereocenters. The Hall–Kier alpha value is -3.53. The van der Waals surface area contributed by atoms with Gasteiger partial charge in [0.05, 0.1) is 30.1 Å². The molecule has 0 aliphatic carbocycles. The van der Waals surface area contributed by atoms with Crippen LogP contribution in [0.4, 0.5) is 4.39 Å². The van der Waals surface area contributed by atoms with Crippen molar-refractivity contribution in [2.45, 2.75) is 13.5 Å². The van der Waals surface area contributed by atoms with Crippen LogP contribution in [0, 0.1) is 24.1 Å². The van der Waals surface area contributed by atoms with E-state index in [2.05, 4.69) is 15.5 Å². The van der Waals surface area contributed by atoms with Gasteiger partial charge >= 0.3 is 0 Å². The van der Waals surface area contributed by atoms with Gasteiger partial charge in [-0.2, -0.15) is 20.3 Å². The van der Waals surface area contributed by atoms with E-state index in [4.69, 9.17) is 5.26 Å². The van der Waals surface area contributed by atoms with Crippen LogP contribution in [0.1, 0.15) is 27.2 Å². The first-order chi connectivity index (χ1) is 12.1. The van der Waals surface area contributed by atoms with Gasteiger partial charge in [0.25, 0.3) is 5.91 Å². The Labute approximate surface area is 143 Å². The minimum atomic E-state index is -0.376. The molecule has 3 rings (SSSR count). The predicted octanol–water partition coefficient (Wildman–Crippen LogP) is 2.52. The third-order valence-corrected chi connectivity index (χ3v) is 3.63. The van der Waals surface area contributed by atoms with E-state index >= 15 is 0 Å². The molecule has 0 aliphatic rings. The predicted molar refractivity (Wildman–Crippen MR) is 88.4 cm³/mol. The fourth-order valence-electron chi connectivity index (χ4n) is 2.32. The first-order valence-electron chi connectivity index (χ1n) is 7.53. The second-order valence-corrected chi connectivity index (χ2v) is 5.43. The SMILES string of the molecule is Cc1cc(F)ccc1C(=O)NCc1cnn(-c2ccc(C#N)cc2)n1. The van der Waals surface area contributed by atoms with Crippen LogP contribution in [-0.2, 0) is 6.54 Å². The van der Waals surface area contributed by atoms with Crippen LogP contribution in [0.5, 0.6) is 0 Å². The van der Waals surface area contributed by atoms with Crippen molar-refractivity contribution >= 4 is 5.91 Å². The van der Waals surface area contributed by atoms with E-state index in [0.29, 0.717) is 28.1 Å². The molecule has 0 aliphatic heterocycles. The molecule has 3 aromatic rings. The van der Waals surface area contributed by atoms with Gasteiger partial charge in [-0.1, -0.05) is 0 Å². The minimum Gasteiger partial charge on any atom is -0.346 e. The topological polar surface area (TPSA) is 83.6 Å². The summed E-state index contributed by atoms with van der Waals surface area (Å²) in [4.78, 5) is 13.6. The number of carbonyl (C=O) groups is 1. The lowest BCUT2D eigenvalue weighted by atomic mass is 10.1. The van der Waals surface area contributed by atoms with Crippen molar-refractivity contribution in [2.75, 3.05) is 0 Å². The molecule has 1 amide bonds. The maximum atomic E-state index is 13.1. The monoisotopic (exact) mass is 335 g/mol. The van der Waals surface area contributed by atoms with Gasteiger partial charge in [0.15, 0.2) is 0 Å². The lowest BCUT2D eigenvalue weighted by Crippen LogP contribution is -2.24. The standard InChI is InChI=1S/C18H14FN5O/c1-12-8-14(19)4-7-17(12)18(25)21-10-15-11-22-24(23-15)16-5-2-13(9-20)3-6-16/h2-8,11H,10H2,1H3,(H,21,25). The number of benzene rings is 2. The Kier molecular flexibility index (Phi) is 4.53. The number of nitrogens with one attached hydrogen (secondary N) is 1. The zero-order valence-corrected chi connectivity index (χ0v) is 13.4. The Bertz CT molecular complexity index is 956. The van der Waals surface area contributed by atoms with Crippen molar-refractivity contribution < 1.29 is 9.18 Å². The zero-order chi connectivity index (χ0) is 17.8. The van der Waals surface area contributed by atoms with Gasteiger partial charge in [-0.3, -0.25) is 4.79 Å². The third kappa shape index (κ3) is 3.70. The number of aryl methyl sites for hydroxylation is 1. The average molecular weight is 335 g/mol. The average Bonchev–Trinajstić information content (AvgIpc) is 3.09. The molecule has 25 heavy (non-hydrogen) atoms. The summed E-state index contributed by atoms with van der Waals surface area (Å²) in [6.45, 7) is 1.88. The maximum absolute atomic E-state index is 13.1. The van der Waals surface area contributed by atoms with Crippen LogP contribution in [-0.4, -0.2) is 20.9 Å². The zero-order valence-electron chi connectivity index (χ0n) is 13.4. The van der Waals surface area contributed by atoms with Crippen molar-refractivity contribution in [2.24, 2.45) is 0 Å².